The fraction of sp³-hybridized carbons (Fsp3) is 0.200. The molecule has 4 rings (SSSR count). The van der Waals surface area contributed by atoms with E-state index in [2.05, 4.69) is 5.32 Å². The molecule has 1 aliphatic heterocycles. The number of amides is 1. The zero-order chi connectivity index (χ0) is 27.0. The number of nitrogens with zero attached hydrogens (tertiary/aromatic N) is 1. The second-order valence-corrected chi connectivity index (χ2v) is 10.5. The van der Waals surface area contributed by atoms with Crippen molar-refractivity contribution in [3.63, 3.8) is 0 Å². The topological polar surface area (TPSA) is 92.8 Å². The maximum Gasteiger partial charge on any atom is 0.416 e. The molecule has 0 saturated heterocycles. The van der Waals surface area contributed by atoms with E-state index in [-0.39, 0.29) is 27.2 Å². The lowest BCUT2D eigenvalue weighted by Crippen LogP contribution is -2.35. The van der Waals surface area contributed by atoms with E-state index in [0.717, 1.165) is 23.8 Å². The molecular weight excluding hydrogens is 533 g/mol. The van der Waals surface area contributed by atoms with E-state index in [1.54, 1.807) is 19.1 Å². The van der Waals surface area contributed by atoms with Crippen LogP contribution in [0.5, 0.6) is 0 Å². The maximum atomic E-state index is 13.4. The molecule has 1 atom stereocenters. The number of para-hydroxylation sites is 1. The highest BCUT2D eigenvalue weighted by molar-refractivity contribution is 7.92. The molecule has 1 unspecified atom stereocenters. The minimum atomic E-state index is -4.64. The summed E-state index contributed by atoms with van der Waals surface area (Å²) in [6, 6.07) is 14.4. The van der Waals surface area contributed by atoms with Gasteiger partial charge in [0, 0.05) is 6.04 Å². The van der Waals surface area contributed by atoms with Crippen molar-refractivity contribution in [1.82, 2.24) is 0 Å². The molecule has 0 fully saturated rings. The average Bonchev–Trinajstić information content (AvgIpc) is 3.19. The largest absolute Gasteiger partial charge is 0.452 e. The highest BCUT2D eigenvalue weighted by Gasteiger charge is 2.36. The first-order valence-corrected chi connectivity index (χ1v) is 12.8. The molecule has 194 valence electrons. The lowest BCUT2D eigenvalue weighted by molar-refractivity contribution is -0.137. The van der Waals surface area contributed by atoms with E-state index in [4.69, 9.17) is 16.3 Å². The lowest BCUT2D eigenvalue weighted by atomic mass is 10.1. The van der Waals surface area contributed by atoms with Crippen molar-refractivity contribution in [2.75, 3.05) is 16.2 Å². The summed E-state index contributed by atoms with van der Waals surface area (Å²) in [4.78, 5) is 24.6. The highest BCUT2D eigenvalue weighted by Crippen LogP contribution is 2.37. The number of anilines is 2. The number of hydrogen-bond acceptors (Lipinski definition) is 5. The van der Waals surface area contributed by atoms with Crippen LogP contribution in [0.3, 0.4) is 0 Å². The molecule has 3 aromatic rings. The summed E-state index contributed by atoms with van der Waals surface area (Å²) in [5, 5.41) is 2.03. The monoisotopic (exact) mass is 552 g/mol. The number of ether oxygens (including phenoxy) is 1. The molecule has 12 heteroatoms. The summed E-state index contributed by atoms with van der Waals surface area (Å²) in [6.45, 7) is 0.948. The number of hydrogen-bond donors (Lipinski definition) is 1. The van der Waals surface area contributed by atoms with E-state index in [1.165, 1.54) is 22.5 Å². The molecule has 37 heavy (non-hydrogen) atoms. The number of alkyl halides is 3. The van der Waals surface area contributed by atoms with Crippen molar-refractivity contribution in [3.8, 4) is 0 Å². The normalized spacial score (nSPS) is 15.3. The van der Waals surface area contributed by atoms with Gasteiger partial charge in [0.25, 0.3) is 15.9 Å². The first kappa shape index (κ1) is 26.5. The van der Waals surface area contributed by atoms with Gasteiger partial charge in [0.05, 0.1) is 32.4 Å². The van der Waals surface area contributed by atoms with Gasteiger partial charge < -0.3 is 10.1 Å². The standard InChI is InChI=1S/C25H20ClF3N2O5S/c1-15-11-16-5-2-3-8-22(16)31(15)37(34,35)19-7-4-6-17(12-19)24(33)36-14-23(32)30-21-13-18(25(27,28)29)9-10-20(21)26/h2-10,12-13,15H,11,14H2,1H3,(H,30,32). The molecule has 3 aromatic carbocycles. The van der Waals surface area contributed by atoms with Gasteiger partial charge in [-0.1, -0.05) is 35.9 Å². The smallest absolute Gasteiger partial charge is 0.416 e. The van der Waals surface area contributed by atoms with Crippen molar-refractivity contribution in [3.05, 3.63) is 88.4 Å². The Morgan fingerprint density at radius 2 is 1.81 bits per heavy atom. The predicted octanol–water partition coefficient (Wildman–Crippen LogP) is 5.29. The molecular formula is C25H20ClF3N2O5S. The first-order valence-electron chi connectivity index (χ1n) is 10.9. The number of carbonyl (C=O) groups is 2. The first-order chi connectivity index (χ1) is 17.4. The molecule has 0 aliphatic carbocycles. The molecule has 1 amide bonds. The Hall–Kier alpha value is -3.57. The molecule has 0 saturated carbocycles. The van der Waals surface area contributed by atoms with Crippen LogP contribution in [-0.4, -0.2) is 32.9 Å². The number of sulfonamides is 1. The Balaban J connectivity index is 1.46. The van der Waals surface area contributed by atoms with Gasteiger partial charge in [0.15, 0.2) is 6.61 Å². The van der Waals surface area contributed by atoms with Gasteiger partial charge in [-0.05, 0) is 61.4 Å². The predicted molar refractivity (Wildman–Crippen MR) is 131 cm³/mol. The fourth-order valence-electron chi connectivity index (χ4n) is 4.00. The van der Waals surface area contributed by atoms with Crippen LogP contribution in [0.1, 0.15) is 28.4 Å². The number of nitrogens with one attached hydrogen (secondary N) is 1. The molecule has 0 radical (unpaired) electrons. The van der Waals surface area contributed by atoms with Gasteiger partial charge >= 0.3 is 12.1 Å². The zero-order valence-corrected chi connectivity index (χ0v) is 20.8. The molecule has 0 bridgehead atoms. The summed E-state index contributed by atoms with van der Waals surface area (Å²) in [5.41, 5.74) is 0.0165. The Kier molecular flexibility index (Phi) is 7.20. The number of rotatable bonds is 6. The van der Waals surface area contributed by atoms with E-state index in [9.17, 15) is 31.2 Å². The number of benzene rings is 3. The van der Waals surface area contributed by atoms with Crippen LogP contribution < -0.4 is 9.62 Å². The summed E-state index contributed by atoms with van der Waals surface area (Å²) < 4.78 is 71.8. The van der Waals surface area contributed by atoms with Gasteiger partial charge in [-0.3, -0.25) is 9.10 Å². The summed E-state index contributed by atoms with van der Waals surface area (Å²) in [7, 11) is -4.01. The lowest BCUT2D eigenvalue weighted by Gasteiger charge is -2.24. The van der Waals surface area contributed by atoms with Crippen LogP contribution in [-0.2, 0) is 32.2 Å². The van der Waals surface area contributed by atoms with E-state index in [0.29, 0.717) is 18.2 Å². The number of fused-ring (bicyclic) bond motifs is 1. The summed E-state index contributed by atoms with van der Waals surface area (Å²) >= 11 is 5.85. The Labute approximate surface area is 215 Å². The van der Waals surface area contributed by atoms with Crippen molar-refractivity contribution in [2.45, 2.75) is 30.5 Å². The third kappa shape index (κ3) is 5.57. The van der Waals surface area contributed by atoms with Crippen LogP contribution in [0.15, 0.2) is 71.6 Å². The van der Waals surface area contributed by atoms with Crippen LogP contribution in [0, 0.1) is 0 Å². The Morgan fingerprint density at radius 3 is 2.54 bits per heavy atom. The van der Waals surface area contributed by atoms with Gasteiger partial charge in [0.1, 0.15) is 0 Å². The Bertz CT molecular complexity index is 1480. The molecule has 0 aromatic heterocycles. The van der Waals surface area contributed by atoms with Crippen LogP contribution in [0.2, 0.25) is 5.02 Å². The van der Waals surface area contributed by atoms with Crippen molar-refractivity contribution < 1.29 is 35.9 Å². The minimum Gasteiger partial charge on any atom is -0.452 e. The van der Waals surface area contributed by atoms with Crippen molar-refractivity contribution >= 4 is 44.9 Å². The van der Waals surface area contributed by atoms with E-state index >= 15 is 0 Å². The molecule has 0 spiro atoms. The zero-order valence-electron chi connectivity index (χ0n) is 19.3. The van der Waals surface area contributed by atoms with Gasteiger partial charge in [-0.25, -0.2) is 13.2 Å². The summed E-state index contributed by atoms with van der Waals surface area (Å²) in [5.74, 6) is -1.92. The number of esters is 1. The summed E-state index contributed by atoms with van der Waals surface area (Å²) in [6.07, 6.45) is -4.10. The van der Waals surface area contributed by atoms with Gasteiger partial charge in [-0.15, -0.1) is 0 Å². The van der Waals surface area contributed by atoms with Crippen molar-refractivity contribution in [2.24, 2.45) is 0 Å². The second kappa shape index (κ2) is 10.1. The quantitative estimate of drug-likeness (QED) is 0.419. The maximum absolute atomic E-state index is 13.4. The third-order valence-corrected chi connectivity index (χ3v) is 7.93. The third-order valence-electron chi connectivity index (χ3n) is 5.67. The molecule has 1 N–H and O–H groups in total. The van der Waals surface area contributed by atoms with E-state index < -0.39 is 40.2 Å². The van der Waals surface area contributed by atoms with Crippen LogP contribution >= 0.6 is 11.6 Å². The second-order valence-electron chi connectivity index (χ2n) is 8.33. The number of halogens is 4. The van der Waals surface area contributed by atoms with Gasteiger partial charge in [-0.2, -0.15) is 13.2 Å². The SMILES string of the molecule is CC1Cc2ccccc2N1S(=O)(=O)c1cccc(C(=O)OCC(=O)Nc2cc(C(F)(F)F)ccc2Cl)c1. The molecule has 7 nitrogen and oxygen atoms in total. The van der Waals surface area contributed by atoms with Crippen LogP contribution in [0.4, 0.5) is 24.5 Å². The van der Waals surface area contributed by atoms with Crippen molar-refractivity contribution in [1.29, 1.82) is 0 Å². The Morgan fingerprint density at radius 1 is 1.08 bits per heavy atom. The fourth-order valence-corrected chi connectivity index (χ4v) is 5.90. The molecule has 1 heterocycles. The highest BCUT2D eigenvalue weighted by atomic mass is 35.5. The van der Waals surface area contributed by atoms with Crippen LogP contribution in [0.25, 0.3) is 0 Å². The van der Waals surface area contributed by atoms with E-state index in [1.807, 2.05) is 12.1 Å². The minimum absolute atomic E-state index is 0.119. The number of carbonyl (C=O) groups excluding carboxylic acids is 2. The molecule has 1 aliphatic rings. The van der Waals surface area contributed by atoms with Gasteiger partial charge in [0.2, 0.25) is 0 Å². The average molecular weight is 553 g/mol.